The molecule has 10 heteroatoms. The number of aromatic nitrogens is 2. The number of anilines is 1. The van der Waals surface area contributed by atoms with Crippen LogP contribution in [-0.4, -0.2) is 28.6 Å². The van der Waals surface area contributed by atoms with Crippen molar-refractivity contribution in [2.24, 2.45) is 10.7 Å². The van der Waals surface area contributed by atoms with Gasteiger partial charge in [0.25, 0.3) is 5.91 Å². The number of pyridine rings is 1. The van der Waals surface area contributed by atoms with Gasteiger partial charge in [-0.2, -0.15) is 13.2 Å². The molecule has 2 heterocycles. The third-order valence-corrected chi connectivity index (χ3v) is 6.57. The number of rotatable bonds is 6. The van der Waals surface area contributed by atoms with Gasteiger partial charge in [0.15, 0.2) is 0 Å². The van der Waals surface area contributed by atoms with E-state index in [1.54, 1.807) is 0 Å². The lowest BCUT2D eigenvalue weighted by atomic mass is 9.94. The zero-order chi connectivity index (χ0) is 27.0. The third-order valence-electron chi connectivity index (χ3n) is 5.47. The fourth-order valence-electron chi connectivity index (χ4n) is 3.68. The monoisotopic (exact) mass is 527 g/mol. The minimum Gasteiger partial charge on any atom is -0.333 e. The lowest BCUT2D eigenvalue weighted by Crippen LogP contribution is -2.14. The number of hydrogen-bond acceptors (Lipinski definition) is 6. The van der Waals surface area contributed by atoms with Crippen molar-refractivity contribution in [1.82, 2.24) is 9.97 Å². The van der Waals surface area contributed by atoms with Crippen LogP contribution in [0.2, 0.25) is 0 Å². The van der Waals surface area contributed by atoms with Crippen LogP contribution in [0, 0.1) is 6.92 Å². The van der Waals surface area contributed by atoms with Gasteiger partial charge in [-0.15, -0.1) is 11.3 Å². The highest BCUT2D eigenvalue weighted by atomic mass is 32.1. The average Bonchev–Trinajstić information content (AvgIpc) is 3.41. The topological polar surface area (TPSA) is 93.3 Å². The highest BCUT2D eigenvalue weighted by Crippen LogP contribution is 2.33. The maximum atomic E-state index is 13.2. The van der Waals surface area contributed by atoms with E-state index in [0.717, 1.165) is 47.6 Å². The number of aliphatic imine (C=N–C) groups is 1. The van der Waals surface area contributed by atoms with Gasteiger partial charge in [0.2, 0.25) is 0 Å². The van der Waals surface area contributed by atoms with Crippen LogP contribution in [0.1, 0.15) is 57.2 Å². The van der Waals surface area contributed by atoms with Crippen LogP contribution in [0.15, 0.2) is 77.6 Å². The van der Waals surface area contributed by atoms with E-state index in [-0.39, 0.29) is 22.3 Å². The van der Waals surface area contributed by atoms with Crippen molar-refractivity contribution in [3.05, 3.63) is 99.2 Å². The van der Waals surface area contributed by atoms with Crippen molar-refractivity contribution in [2.45, 2.75) is 38.9 Å². The molecule has 2 aromatic heterocycles. The van der Waals surface area contributed by atoms with E-state index >= 15 is 0 Å². The molecule has 3 N–H and O–H groups in total. The number of allylic oxidation sites excluding steroid dienone is 2. The number of nitrogens with zero attached hydrogens (tertiary/aromatic N) is 3. The highest BCUT2D eigenvalue weighted by Gasteiger charge is 2.33. The van der Waals surface area contributed by atoms with Gasteiger partial charge < -0.3 is 11.1 Å². The summed E-state index contributed by atoms with van der Waals surface area (Å²) in [7, 11) is 1.50. The summed E-state index contributed by atoms with van der Waals surface area (Å²) in [5.41, 5.74) is 6.45. The Kier molecular flexibility index (Phi) is 9.48. The van der Waals surface area contributed by atoms with Crippen molar-refractivity contribution < 1.29 is 18.0 Å². The second-order valence-corrected chi connectivity index (χ2v) is 9.11. The molecule has 0 radical (unpaired) electrons. The number of amides is 1. The molecule has 3 aromatic rings. The molecule has 194 valence electrons. The molecule has 0 saturated carbocycles. The summed E-state index contributed by atoms with van der Waals surface area (Å²) in [6.07, 6.45) is 6.30. The average molecular weight is 528 g/mol. The number of nitrogens with one attached hydrogen (secondary N) is 1. The molecule has 0 bridgehead atoms. The second kappa shape index (κ2) is 12.6. The minimum atomic E-state index is -4.53. The molecule has 1 aromatic carbocycles. The first kappa shape index (κ1) is 27.9. The largest absolute Gasteiger partial charge is 0.416 e. The van der Waals surface area contributed by atoms with E-state index in [4.69, 9.17) is 4.99 Å². The molecular formula is C27H28F3N5OS. The molecule has 37 heavy (non-hydrogen) atoms. The van der Waals surface area contributed by atoms with Crippen molar-refractivity contribution in [3.8, 4) is 0 Å². The summed E-state index contributed by atoms with van der Waals surface area (Å²) in [6.45, 7) is 3.15. The maximum Gasteiger partial charge on any atom is 0.416 e. The van der Waals surface area contributed by atoms with Crippen molar-refractivity contribution in [3.63, 3.8) is 0 Å². The number of benzene rings is 1. The van der Waals surface area contributed by atoms with Crippen LogP contribution < -0.4 is 11.1 Å². The first-order valence-corrected chi connectivity index (χ1v) is 12.4. The Morgan fingerprint density at radius 1 is 1.14 bits per heavy atom. The van der Waals surface area contributed by atoms with Gasteiger partial charge in [-0.3, -0.25) is 9.79 Å². The fraction of sp³-hybridized carbons (Fsp3) is 0.259. The number of halogens is 3. The Morgan fingerprint density at radius 3 is 2.51 bits per heavy atom. The smallest absolute Gasteiger partial charge is 0.333 e. The normalized spacial score (nSPS) is 14.4. The molecule has 0 saturated heterocycles. The molecule has 1 aliphatic rings. The van der Waals surface area contributed by atoms with Gasteiger partial charge >= 0.3 is 6.18 Å². The lowest BCUT2D eigenvalue weighted by Gasteiger charge is -2.17. The number of carbonyl (C=O) groups excluding carboxylic acids is 1. The van der Waals surface area contributed by atoms with E-state index in [0.29, 0.717) is 10.7 Å². The summed E-state index contributed by atoms with van der Waals surface area (Å²) < 4.78 is 39.5. The molecule has 0 fully saturated rings. The molecule has 6 nitrogen and oxygen atoms in total. The van der Waals surface area contributed by atoms with Crippen molar-refractivity contribution >= 4 is 28.8 Å². The summed E-state index contributed by atoms with van der Waals surface area (Å²) >= 11 is 1.12. The van der Waals surface area contributed by atoms with Crippen LogP contribution in [0.4, 0.5) is 19.0 Å². The number of carbonyl (C=O) groups is 1. The number of aryl methyl sites for hydroxylation is 1. The number of alkyl halides is 3. The fourth-order valence-corrected chi connectivity index (χ4v) is 4.45. The summed E-state index contributed by atoms with van der Waals surface area (Å²) in [5, 5.41) is 2.99. The zero-order valence-corrected chi connectivity index (χ0v) is 21.5. The van der Waals surface area contributed by atoms with Crippen molar-refractivity contribution in [2.75, 3.05) is 12.4 Å². The van der Waals surface area contributed by atoms with E-state index in [1.165, 1.54) is 20.2 Å². The van der Waals surface area contributed by atoms with Gasteiger partial charge in [0, 0.05) is 6.20 Å². The first-order valence-electron chi connectivity index (χ1n) is 11.6. The molecule has 1 amide bonds. The number of hydrogen-bond donors (Lipinski definition) is 2. The molecule has 1 aliphatic carbocycles. The number of thiazole rings is 1. The second-order valence-electron chi connectivity index (χ2n) is 8.08. The van der Waals surface area contributed by atoms with Crippen LogP contribution in [0.5, 0.6) is 0 Å². The number of nitrogens with two attached hydrogens (primary N) is 1. The van der Waals surface area contributed by atoms with Gasteiger partial charge in [0.05, 0.1) is 17.5 Å². The van der Waals surface area contributed by atoms with Gasteiger partial charge in [-0.1, -0.05) is 48.6 Å². The Morgan fingerprint density at radius 2 is 1.86 bits per heavy atom. The van der Waals surface area contributed by atoms with Crippen LogP contribution in [-0.2, 0) is 6.18 Å². The molecule has 1 unspecified atom stereocenters. The van der Waals surface area contributed by atoms with E-state index in [2.05, 4.69) is 39.2 Å². The Labute approximate surface area is 217 Å². The Balaban J connectivity index is 0.00000186. The molecule has 1 atom stereocenters. The van der Waals surface area contributed by atoms with Gasteiger partial charge in [0.1, 0.15) is 21.7 Å². The predicted molar refractivity (Wildman–Crippen MR) is 142 cm³/mol. The van der Waals surface area contributed by atoms with Crippen LogP contribution >= 0.6 is 11.3 Å². The zero-order valence-electron chi connectivity index (χ0n) is 20.7. The Bertz CT molecular complexity index is 1310. The standard InChI is InChI=1S/C26H23F3N4OS.CH5N/c1-16-14-30-22(13-20(16)26(27,28)29)33-24(34)21-15-31-25(35-21)17(2)32-23(18-9-5-3-6-10-18)19-11-7-4-8-12-19;1-2/h3,5-7,9-15,23H,4,8H2,1-2H3,(H,30,33,34);2H2,1H3. The van der Waals surface area contributed by atoms with Crippen LogP contribution in [0.3, 0.4) is 0 Å². The van der Waals surface area contributed by atoms with E-state index in [1.807, 2.05) is 37.3 Å². The van der Waals surface area contributed by atoms with Crippen molar-refractivity contribution in [1.29, 1.82) is 0 Å². The molecule has 0 spiro atoms. The maximum absolute atomic E-state index is 13.2. The SMILES string of the molecule is CC(=NC(C1=CCCC=C1)c1ccccc1)c1ncc(C(=O)Nc2cc(C(F)(F)F)c(C)cn2)s1.CN. The third kappa shape index (κ3) is 7.21. The highest BCUT2D eigenvalue weighted by molar-refractivity contribution is 7.15. The minimum absolute atomic E-state index is 0.0155. The van der Waals surface area contributed by atoms with Gasteiger partial charge in [-0.25, -0.2) is 9.97 Å². The Hall–Kier alpha value is -3.63. The summed E-state index contributed by atoms with van der Waals surface area (Å²) in [4.78, 5) is 26.1. The van der Waals surface area contributed by atoms with Crippen LogP contribution in [0.25, 0.3) is 0 Å². The predicted octanol–water partition coefficient (Wildman–Crippen LogP) is 6.52. The van der Waals surface area contributed by atoms with E-state index < -0.39 is 17.6 Å². The summed E-state index contributed by atoms with van der Waals surface area (Å²) in [6, 6.07) is 10.6. The molecule has 4 rings (SSSR count). The van der Waals surface area contributed by atoms with Gasteiger partial charge in [-0.05, 0) is 56.5 Å². The molecule has 0 aliphatic heterocycles. The molecular weight excluding hydrogens is 499 g/mol. The van der Waals surface area contributed by atoms with E-state index in [9.17, 15) is 18.0 Å². The first-order chi connectivity index (χ1) is 17.7. The lowest BCUT2D eigenvalue weighted by molar-refractivity contribution is -0.138. The quantitative estimate of drug-likeness (QED) is 0.357. The summed E-state index contributed by atoms with van der Waals surface area (Å²) in [5.74, 6) is -0.753.